The van der Waals surface area contributed by atoms with Crippen molar-refractivity contribution >= 4 is 50.0 Å². The van der Waals surface area contributed by atoms with Gasteiger partial charge in [-0.25, -0.2) is 4.98 Å². The molecule has 102 valence electrons. The first-order chi connectivity index (χ1) is 9.24. The number of halogens is 1. The van der Waals surface area contributed by atoms with Crippen LogP contribution in [0.25, 0.3) is 10.2 Å². The van der Waals surface area contributed by atoms with Crippen LogP contribution in [0, 0.1) is 0 Å². The van der Waals surface area contributed by atoms with Gasteiger partial charge in [-0.3, -0.25) is 0 Å². The molecule has 1 aliphatic carbocycles. The Morgan fingerprint density at radius 1 is 1.47 bits per heavy atom. The molecule has 5 heteroatoms. The minimum Gasteiger partial charge on any atom is -0.359 e. The van der Waals surface area contributed by atoms with Crippen LogP contribution in [0.5, 0.6) is 0 Å². The number of hydrogen-bond acceptors (Lipinski definition) is 4. The number of thiazole rings is 1. The van der Waals surface area contributed by atoms with Gasteiger partial charge in [-0.15, -0.1) is 0 Å². The number of rotatable bonds is 4. The molecule has 1 aromatic heterocycles. The Labute approximate surface area is 126 Å². The van der Waals surface area contributed by atoms with Gasteiger partial charge in [-0.1, -0.05) is 29.9 Å². The minimum atomic E-state index is 0.583. The Morgan fingerprint density at radius 2 is 2.37 bits per heavy atom. The monoisotopic (exact) mass is 312 g/mol. The van der Waals surface area contributed by atoms with Gasteiger partial charge in [0.15, 0.2) is 5.13 Å². The lowest BCUT2D eigenvalue weighted by atomic mass is 10.3. The second-order valence-electron chi connectivity index (χ2n) is 4.86. The third kappa shape index (κ3) is 3.18. The van der Waals surface area contributed by atoms with Gasteiger partial charge in [0.1, 0.15) is 0 Å². The van der Waals surface area contributed by atoms with E-state index in [-0.39, 0.29) is 0 Å². The Hall–Kier alpha value is -0.450. The van der Waals surface area contributed by atoms with E-state index in [2.05, 4.69) is 29.0 Å². The molecule has 1 N–H and O–H groups in total. The van der Waals surface area contributed by atoms with Gasteiger partial charge in [0.25, 0.3) is 0 Å². The highest BCUT2D eigenvalue weighted by molar-refractivity contribution is 7.99. The van der Waals surface area contributed by atoms with E-state index < -0.39 is 0 Å². The molecule has 2 aromatic rings. The fraction of sp³-hybridized carbons (Fsp3) is 0.500. The van der Waals surface area contributed by atoms with Crippen LogP contribution < -0.4 is 5.32 Å². The molecule has 1 heterocycles. The summed E-state index contributed by atoms with van der Waals surface area (Å²) in [5.74, 6) is 1.22. The van der Waals surface area contributed by atoms with Crippen LogP contribution in [0.1, 0.15) is 26.2 Å². The van der Waals surface area contributed by atoms with Gasteiger partial charge in [0.2, 0.25) is 0 Å². The lowest BCUT2D eigenvalue weighted by Crippen LogP contribution is -2.15. The summed E-state index contributed by atoms with van der Waals surface area (Å²) in [6.07, 6.45) is 3.84. The zero-order chi connectivity index (χ0) is 13.2. The maximum absolute atomic E-state index is 6.01. The summed E-state index contributed by atoms with van der Waals surface area (Å²) in [5, 5.41) is 6.23. The average Bonchev–Trinajstić information content (AvgIpc) is 2.96. The molecular weight excluding hydrogens is 296 g/mol. The fourth-order valence-electron chi connectivity index (χ4n) is 2.59. The first kappa shape index (κ1) is 13.5. The molecule has 0 bridgehead atoms. The Balaban J connectivity index is 1.68. The van der Waals surface area contributed by atoms with Crippen molar-refractivity contribution in [3.8, 4) is 0 Å². The molecule has 0 spiro atoms. The van der Waals surface area contributed by atoms with Crippen LogP contribution in [0.4, 0.5) is 5.13 Å². The third-order valence-corrected chi connectivity index (χ3v) is 5.88. The number of aromatic nitrogens is 1. The molecule has 2 atom stereocenters. The lowest BCUT2D eigenvalue weighted by molar-refractivity contribution is 0.756. The Bertz CT molecular complexity index is 570. The standard InChI is InChI=1S/C14H17ClN2S2/c1-2-18-11-5-4-10(8-11)16-14-17-12-6-3-9(15)7-13(12)19-14/h3,6-7,10-11H,2,4-5,8H2,1H3,(H,16,17). The van der Waals surface area contributed by atoms with Crippen molar-refractivity contribution < 1.29 is 0 Å². The SMILES string of the molecule is CCSC1CCC(Nc2nc3ccc(Cl)cc3s2)C1. The smallest absolute Gasteiger partial charge is 0.184 e. The molecule has 1 aromatic carbocycles. The summed E-state index contributed by atoms with van der Waals surface area (Å²) < 4.78 is 1.16. The van der Waals surface area contributed by atoms with Crippen LogP contribution in [0.2, 0.25) is 5.02 Å². The molecular formula is C14H17ClN2S2. The normalized spacial score (nSPS) is 23.1. The zero-order valence-electron chi connectivity index (χ0n) is 10.9. The molecule has 0 radical (unpaired) electrons. The predicted octanol–water partition coefficient (Wildman–Crippen LogP) is 5.04. The molecule has 19 heavy (non-hydrogen) atoms. The largest absolute Gasteiger partial charge is 0.359 e. The number of anilines is 1. The highest BCUT2D eigenvalue weighted by Gasteiger charge is 2.25. The van der Waals surface area contributed by atoms with Crippen molar-refractivity contribution in [1.82, 2.24) is 4.98 Å². The number of benzene rings is 1. The van der Waals surface area contributed by atoms with Crippen molar-refractivity contribution in [2.75, 3.05) is 11.1 Å². The molecule has 0 saturated heterocycles. The molecule has 1 aliphatic rings. The Kier molecular flexibility index (Phi) is 4.20. The number of hydrogen-bond donors (Lipinski definition) is 1. The van der Waals surface area contributed by atoms with Gasteiger partial charge in [0.05, 0.1) is 10.2 Å². The van der Waals surface area contributed by atoms with E-state index in [9.17, 15) is 0 Å². The van der Waals surface area contributed by atoms with Crippen LogP contribution in [0.15, 0.2) is 18.2 Å². The summed E-state index contributed by atoms with van der Waals surface area (Å²) in [6, 6.07) is 6.46. The fourth-order valence-corrected chi connectivity index (χ4v) is 4.95. The van der Waals surface area contributed by atoms with Gasteiger partial charge < -0.3 is 5.32 Å². The van der Waals surface area contributed by atoms with Gasteiger partial charge in [-0.05, 0) is 43.2 Å². The first-order valence-corrected chi connectivity index (χ1v) is 8.93. The Morgan fingerprint density at radius 3 is 3.21 bits per heavy atom. The zero-order valence-corrected chi connectivity index (χ0v) is 13.2. The summed E-state index contributed by atoms with van der Waals surface area (Å²) >= 11 is 9.79. The molecule has 3 rings (SSSR count). The molecule has 1 fully saturated rings. The molecule has 2 nitrogen and oxygen atoms in total. The number of nitrogens with one attached hydrogen (secondary N) is 1. The van der Waals surface area contributed by atoms with E-state index in [0.717, 1.165) is 25.6 Å². The lowest BCUT2D eigenvalue weighted by Gasteiger charge is -2.11. The molecule has 1 saturated carbocycles. The van der Waals surface area contributed by atoms with E-state index in [1.54, 1.807) is 11.3 Å². The van der Waals surface area contributed by atoms with Crippen molar-refractivity contribution in [1.29, 1.82) is 0 Å². The van der Waals surface area contributed by atoms with Crippen LogP contribution in [-0.2, 0) is 0 Å². The van der Waals surface area contributed by atoms with Crippen LogP contribution >= 0.6 is 34.7 Å². The maximum Gasteiger partial charge on any atom is 0.184 e. The molecule has 2 unspecified atom stereocenters. The molecule has 0 aliphatic heterocycles. The van der Waals surface area contributed by atoms with E-state index >= 15 is 0 Å². The number of thioether (sulfide) groups is 1. The van der Waals surface area contributed by atoms with E-state index in [1.165, 1.54) is 25.0 Å². The summed E-state index contributed by atoms with van der Waals surface area (Å²) in [7, 11) is 0. The first-order valence-electron chi connectivity index (χ1n) is 6.69. The highest BCUT2D eigenvalue weighted by Crippen LogP contribution is 2.34. The van der Waals surface area contributed by atoms with Crippen LogP contribution in [-0.4, -0.2) is 22.0 Å². The van der Waals surface area contributed by atoms with Crippen molar-refractivity contribution in [3.05, 3.63) is 23.2 Å². The highest BCUT2D eigenvalue weighted by atomic mass is 35.5. The summed E-state index contributed by atoms with van der Waals surface area (Å²) in [6.45, 7) is 2.24. The van der Waals surface area contributed by atoms with Crippen molar-refractivity contribution in [2.24, 2.45) is 0 Å². The second kappa shape index (κ2) is 5.90. The van der Waals surface area contributed by atoms with E-state index in [1.807, 2.05) is 18.2 Å². The summed E-state index contributed by atoms with van der Waals surface area (Å²) in [5.41, 5.74) is 1.04. The number of fused-ring (bicyclic) bond motifs is 1. The van der Waals surface area contributed by atoms with E-state index in [4.69, 9.17) is 11.6 Å². The molecule has 0 amide bonds. The minimum absolute atomic E-state index is 0.583. The third-order valence-electron chi connectivity index (χ3n) is 3.46. The van der Waals surface area contributed by atoms with Crippen molar-refractivity contribution in [2.45, 2.75) is 37.5 Å². The second-order valence-corrected chi connectivity index (χ2v) is 7.91. The van der Waals surface area contributed by atoms with Crippen molar-refractivity contribution in [3.63, 3.8) is 0 Å². The quantitative estimate of drug-likeness (QED) is 0.856. The number of nitrogens with zero attached hydrogens (tertiary/aromatic N) is 1. The van der Waals surface area contributed by atoms with Gasteiger partial charge >= 0.3 is 0 Å². The van der Waals surface area contributed by atoms with Gasteiger partial charge in [-0.2, -0.15) is 11.8 Å². The van der Waals surface area contributed by atoms with Crippen LogP contribution in [0.3, 0.4) is 0 Å². The maximum atomic E-state index is 6.01. The average molecular weight is 313 g/mol. The predicted molar refractivity (Wildman–Crippen MR) is 87.8 cm³/mol. The van der Waals surface area contributed by atoms with E-state index in [0.29, 0.717) is 6.04 Å². The topological polar surface area (TPSA) is 24.9 Å². The summed E-state index contributed by atoms with van der Waals surface area (Å²) in [4.78, 5) is 4.63. The van der Waals surface area contributed by atoms with Gasteiger partial charge in [0, 0.05) is 16.3 Å².